The smallest absolute Gasteiger partial charge is 0.141 e. The van der Waals surface area contributed by atoms with E-state index in [0.717, 1.165) is 38.1 Å². The highest BCUT2D eigenvalue weighted by atomic mass is 79.9. The Hall–Kier alpha value is -0.650. The second kappa shape index (κ2) is 11.0. The Kier molecular flexibility index (Phi) is 9.63. The highest BCUT2D eigenvalue weighted by molar-refractivity contribution is 9.10. The molecule has 0 atom stereocenters. The van der Waals surface area contributed by atoms with E-state index in [1.54, 1.807) is 14.2 Å². The summed E-state index contributed by atoms with van der Waals surface area (Å²) in [5.41, 5.74) is 1.06. The summed E-state index contributed by atoms with van der Waals surface area (Å²) in [5.74, 6) is 0.356. The Morgan fingerprint density at radius 2 is 1.86 bits per heavy atom. The van der Waals surface area contributed by atoms with E-state index in [4.69, 9.17) is 9.47 Å². The van der Waals surface area contributed by atoms with Crippen LogP contribution in [0.15, 0.2) is 16.6 Å². The maximum absolute atomic E-state index is 13.4. The van der Waals surface area contributed by atoms with E-state index in [0.29, 0.717) is 10.2 Å². The Morgan fingerprint density at radius 1 is 1.10 bits per heavy atom. The third kappa shape index (κ3) is 7.25. The van der Waals surface area contributed by atoms with Crippen LogP contribution in [0.5, 0.6) is 5.75 Å². The number of benzene rings is 1. The number of nitrogens with one attached hydrogen (secondary N) is 1. The Labute approximate surface area is 135 Å². The van der Waals surface area contributed by atoms with Gasteiger partial charge in [0.25, 0.3) is 0 Å². The summed E-state index contributed by atoms with van der Waals surface area (Å²) < 4.78 is 24.1. The Balaban J connectivity index is 2.19. The maximum Gasteiger partial charge on any atom is 0.141 e. The van der Waals surface area contributed by atoms with Gasteiger partial charge in [0.15, 0.2) is 0 Å². The second-order valence-electron chi connectivity index (χ2n) is 4.99. The minimum absolute atomic E-state index is 0.280. The minimum atomic E-state index is -0.280. The fraction of sp³-hybridized carbons (Fsp3) is 0.625. The van der Waals surface area contributed by atoms with Crippen molar-refractivity contribution >= 4 is 15.9 Å². The van der Waals surface area contributed by atoms with Crippen LogP contribution < -0.4 is 10.1 Å². The van der Waals surface area contributed by atoms with Crippen LogP contribution in [-0.4, -0.2) is 33.9 Å². The highest BCUT2D eigenvalue weighted by Gasteiger charge is 2.08. The van der Waals surface area contributed by atoms with Crippen LogP contribution in [0.3, 0.4) is 0 Å². The zero-order valence-electron chi connectivity index (χ0n) is 12.9. The molecule has 0 spiro atoms. The average molecular weight is 362 g/mol. The molecule has 1 N–H and O–H groups in total. The van der Waals surface area contributed by atoms with Crippen molar-refractivity contribution in [2.45, 2.75) is 32.1 Å². The fourth-order valence-electron chi connectivity index (χ4n) is 2.17. The number of ether oxygens (including phenoxy) is 2. The lowest BCUT2D eigenvalue weighted by atomic mass is 10.0. The summed E-state index contributed by atoms with van der Waals surface area (Å²) in [6.45, 7) is 2.71. The first-order valence-electron chi connectivity index (χ1n) is 7.40. The molecule has 0 aromatic heterocycles. The molecular weight excluding hydrogens is 337 g/mol. The molecule has 0 amide bonds. The standard InChI is InChI=1S/C16H25BrFNO2/c1-20-10-9-19-8-6-4-3-5-7-13-11-14(17)15(18)12-16(13)21-2/h11-12,19H,3-10H2,1-2H3. The molecule has 0 saturated carbocycles. The van der Waals surface area contributed by atoms with E-state index >= 15 is 0 Å². The van der Waals surface area contributed by atoms with Crippen molar-refractivity contribution in [1.29, 1.82) is 0 Å². The Bertz CT molecular complexity index is 416. The van der Waals surface area contributed by atoms with Gasteiger partial charge in [0, 0.05) is 19.7 Å². The average Bonchev–Trinajstić information content (AvgIpc) is 2.48. The number of rotatable bonds is 11. The van der Waals surface area contributed by atoms with Gasteiger partial charge in [0.2, 0.25) is 0 Å². The zero-order valence-corrected chi connectivity index (χ0v) is 14.5. The molecule has 1 rings (SSSR count). The summed E-state index contributed by atoms with van der Waals surface area (Å²) in [5, 5.41) is 3.33. The first kappa shape index (κ1) is 18.4. The van der Waals surface area contributed by atoms with E-state index in [2.05, 4.69) is 21.2 Å². The van der Waals surface area contributed by atoms with Crippen LogP contribution in [0.25, 0.3) is 0 Å². The highest BCUT2D eigenvalue weighted by Crippen LogP contribution is 2.27. The van der Waals surface area contributed by atoms with Crippen LogP contribution in [-0.2, 0) is 11.2 Å². The maximum atomic E-state index is 13.4. The van der Waals surface area contributed by atoms with E-state index in [1.807, 2.05) is 6.07 Å². The van der Waals surface area contributed by atoms with Crippen LogP contribution in [0.1, 0.15) is 31.2 Å². The summed E-state index contributed by atoms with van der Waals surface area (Å²) in [6.07, 6.45) is 5.55. The van der Waals surface area contributed by atoms with Crippen LogP contribution in [0.2, 0.25) is 0 Å². The molecule has 21 heavy (non-hydrogen) atoms. The SMILES string of the molecule is COCCNCCCCCCc1cc(Br)c(F)cc1OC. The monoisotopic (exact) mass is 361 g/mol. The third-order valence-corrected chi connectivity index (χ3v) is 3.96. The zero-order chi connectivity index (χ0) is 15.5. The molecule has 1 aromatic rings. The van der Waals surface area contributed by atoms with Gasteiger partial charge in [-0.2, -0.15) is 0 Å². The first-order valence-corrected chi connectivity index (χ1v) is 8.20. The molecule has 0 heterocycles. The molecule has 0 aliphatic carbocycles. The van der Waals surface area contributed by atoms with Gasteiger partial charge in [-0.1, -0.05) is 12.8 Å². The quantitative estimate of drug-likeness (QED) is 0.605. The van der Waals surface area contributed by atoms with Crippen LogP contribution >= 0.6 is 15.9 Å². The van der Waals surface area contributed by atoms with Crippen molar-refractivity contribution in [3.05, 3.63) is 28.0 Å². The predicted molar refractivity (Wildman–Crippen MR) is 87.6 cm³/mol. The van der Waals surface area contributed by atoms with Gasteiger partial charge in [-0.05, 0) is 53.4 Å². The third-order valence-electron chi connectivity index (χ3n) is 3.36. The van der Waals surface area contributed by atoms with Gasteiger partial charge in [0.05, 0.1) is 18.2 Å². The molecule has 120 valence electrons. The molecule has 5 heteroatoms. The van der Waals surface area contributed by atoms with Gasteiger partial charge in [-0.15, -0.1) is 0 Å². The number of unbranched alkanes of at least 4 members (excludes halogenated alkanes) is 3. The largest absolute Gasteiger partial charge is 0.496 e. The Morgan fingerprint density at radius 3 is 2.57 bits per heavy atom. The molecule has 3 nitrogen and oxygen atoms in total. The van der Waals surface area contributed by atoms with Crippen molar-refractivity contribution in [3.8, 4) is 5.75 Å². The van der Waals surface area contributed by atoms with Gasteiger partial charge >= 0.3 is 0 Å². The molecule has 0 radical (unpaired) electrons. The molecule has 0 unspecified atom stereocenters. The lowest BCUT2D eigenvalue weighted by Crippen LogP contribution is -2.20. The molecule has 0 aliphatic rings. The van der Waals surface area contributed by atoms with Gasteiger partial charge in [0.1, 0.15) is 11.6 Å². The second-order valence-corrected chi connectivity index (χ2v) is 5.84. The summed E-state index contributed by atoms with van der Waals surface area (Å²) in [6, 6.07) is 3.26. The topological polar surface area (TPSA) is 30.5 Å². The normalized spacial score (nSPS) is 10.9. The van der Waals surface area contributed by atoms with E-state index in [1.165, 1.54) is 25.3 Å². The van der Waals surface area contributed by atoms with Crippen molar-refractivity contribution in [1.82, 2.24) is 5.32 Å². The lowest BCUT2D eigenvalue weighted by Gasteiger charge is -2.10. The van der Waals surface area contributed by atoms with Gasteiger partial charge in [-0.3, -0.25) is 0 Å². The van der Waals surface area contributed by atoms with E-state index in [9.17, 15) is 4.39 Å². The molecule has 0 aliphatic heterocycles. The van der Waals surface area contributed by atoms with Gasteiger partial charge < -0.3 is 14.8 Å². The summed E-state index contributed by atoms with van der Waals surface area (Å²) in [7, 11) is 3.29. The summed E-state index contributed by atoms with van der Waals surface area (Å²) in [4.78, 5) is 0. The molecule has 0 fully saturated rings. The van der Waals surface area contributed by atoms with Crippen molar-refractivity contribution in [2.24, 2.45) is 0 Å². The van der Waals surface area contributed by atoms with E-state index < -0.39 is 0 Å². The molecule has 0 saturated heterocycles. The lowest BCUT2D eigenvalue weighted by molar-refractivity contribution is 0.199. The van der Waals surface area contributed by atoms with Crippen molar-refractivity contribution < 1.29 is 13.9 Å². The minimum Gasteiger partial charge on any atom is -0.496 e. The summed E-state index contributed by atoms with van der Waals surface area (Å²) >= 11 is 3.22. The van der Waals surface area contributed by atoms with E-state index in [-0.39, 0.29) is 5.82 Å². The molecule has 1 aromatic carbocycles. The van der Waals surface area contributed by atoms with Crippen molar-refractivity contribution in [2.75, 3.05) is 33.9 Å². The number of aryl methyl sites for hydroxylation is 1. The number of hydrogen-bond donors (Lipinski definition) is 1. The molecule has 0 bridgehead atoms. The number of hydrogen-bond acceptors (Lipinski definition) is 3. The number of halogens is 2. The van der Waals surface area contributed by atoms with Crippen molar-refractivity contribution in [3.63, 3.8) is 0 Å². The van der Waals surface area contributed by atoms with Crippen LogP contribution in [0.4, 0.5) is 4.39 Å². The van der Waals surface area contributed by atoms with Crippen LogP contribution in [0, 0.1) is 5.82 Å². The fourth-order valence-corrected chi connectivity index (χ4v) is 2.56. The first-order chi connectivity index (χ1) is 10.2. The predicted octanol–water partition coefficient (Wildman–Crippen LogP) is 3.94. The van der Waals surface area contributed by atoms with Gasteiger partial charge in [-0.25, -0.2) is 4.39 Å². The number of methoxy groups -OCH3 is 2. The molecular formula is C16H25BrFNO2.